The molecule has 0 saturated carbocycles. The lowest BCUT2D eigenvalue weighted by Gasteiger charge is -2.43. The lowest BCUT2D eigenvalue weighted by Crippen LogP contribution is -2.57. The Morgan fingerprint density at radius 1 is 1.73 bits per heavy atom. The molecule has 0 aromatic rings. The smallest absolute Gasteiger partial charge is 0.268 e. The predicted octanol–water partition coefficient (Wildman–Crippen LogP) is 2.64. The van der Waals surface area contributed by atoms with Crippen LogP contribution in [0.15, 0.2) is 11.1 Å². The average Bonchev–Trinajstić information content (AvgIpc) is 1.99. The number of halogens is 3. The third-order valence-corrected chi connectivity index (χ3v) is 2.63. The maximum atomic E-state index is 12.8. The lowest BCUT2D eigenvalue weighted by molar-refractivity contribution is -0.197. The summed E-state index contributed by atoms with van der Waals surface area (Å²) in [6, 6.07) is 0. The van der Waals surface area contributed by atoms with Crippen molar-refractivity contribution < 1.29 is 13.5 Å². The molecule has 0 aliphatic carbocycles. The second-order valence-corrected chi connectivity index (χ2v) is 5.35. The molecule has 0 N–H and O–H groups in total. The Bertz CT molecular complexity index is 250. The van der Waals surface area contributed by atoms with E-state index in [1.54, 1.807) is 0 Å². The van der Waals surface area contributed by atoms with Gasteiger partial charge in [-0.25, -0.2) is 8.78 Å². The van der Waals surface area contributed by atoms with Crippen molar-refractivity contribution in [2.45, 2.75) is 32.0 Å². The van der Waals surface area contributed by atoms with Gasteiger partial charge in [0, 0.05) is 24.1 Å². The topological polar surface area (TPSA) is 12.5 Å². The average molecular weight is 284 g/mol. The van der Waals surface area contributed by atoms with E-state index in [0.717, 1.165) is 4.48 Å². The normalized spacial score (nSPS) is 33.3. The molecule has 88 valence electrons. The highest BCUT2D eigenvalue weighted by molar-refractivity contribution is 9.11. The molecule has 0 amide bonds. The monoisotopic (exact) mass is 283 g/mol. The van der Waals surface area contributed by atoms with Crippen molar-refractivity contribution in [3.05, 3.63) is 11.1 Å². The van der Waals surface area contributed by atoms with Crippen molar-refractivity contribution in [2.75, 3.05) is 19.6 Å². The summed E-state index contributed by atoms with van der Waals surface area (Å²) in [4.78, 5) is 1.93. The van der Waals surface area contributed by atoms with Gasteiger partial charge >= 0.3 is 0 Å². The van der Waals surface area contributed by atoms with Gasteiger partial charge in [-0.2, -0.15) is 0 Å². The van der Waals surface area contributed by atoms with Crippen molar-refractivity contribution in [3.8, 4) is 0 Å². The van der Waals surface area contributed by atoms with E-state index in [1.165, 1.54) is 6.92 Å². The van der Waals surface area contributed by atoms with Gasteiger partial charge in [-0.1, -0.05) is 22.5 Å². The fourth-order valence-corrected chi connectivity index (χ4v) is 2.24. The molecule has 15 heavy (non-hydrogen) atoms. The quantitative estimate of drug-likeness (QED) is 0.790. The number of alkyl halides is 2. The van der Waals surface area contributed by atoms with Crippen LogP contribution in [0.2, 0.25) is 0 Å². The first-order chi connectivity index (χ1) is 6.83. The van der Waals surface area contributed by atoms with Crippen molar-refractivity contribution in [2.24, 2.45) is 0 Å². The molecule has 0 spiro atoms. The number of morpholine rings is 1. The SMILES string of the molecule is C=C(Br)CN1CC(C)OC(C)(C(F)F)C1. The third-order valence-electron chi connectivity index (χ3n) is 2.38. The van der Waals surface area contributed by atoms with Crippen LogP contribution in [0.4, 0.5) is 8.78 Å². The zero-order chi connectivity index (χ0) is 11.6. The van der Waals surface area contributed by atoms with E-state index < -0.39 is 12.0 Å². The minimum atomic E-state index is -2.47. The van der Waals surface area contributed by atoms with Crippen molar-refractivity contribution in [1.82, 2.24) is 4.90 Å². The summed E-state index contributed by atoms with van der Waals surface area (Å²) in [6.45, 7) is 8.45. The first-order valence-electron chi connectivity index (χ1n) is 4.85. The standard InChI is InChI=1S/C10H16BrF2NO/c1-7(11)4-14-5-8(2)15-10(3,6-14)9(12)13/h8-9H,1,4-6H2,2-3H3. The van der Waals surface area contributed by atoms with E-state index in [4.69, 9.17) is 4.74 Å². The molecule has 2 nitrogen and oxygen atoms in total. The molecule has 1 aliphatic rings. The molecule has 1 fully saturated rings. The molecule has 2 atom stereocenters. The summed E-state index contributed by atoms with van der Waals surface area (Å²) in [5.74, 6) is 0. The van der Waals surface area contributed by atoms with E-state index >= 15 is 0 Å². The fourth-order valence-electron chi connectivity index (χ4n) is 1.89. The Kier molecular flexibility index (Phi) is 4.26. The molecular weight excluding hydrogens is 268 g/mol. The molecule has 2 unspecified atom stereocenters. The van der Waals surface area contributed by atoms with Gasteiger partial charge < -0.3 is 4.74 Å². The van der Waals surface area contributed by atoms with Crippen LogP contribution in [-0.4, -0.2) is 42.7 Å². The number of hydrogen-bond donors (Lipinski definition) is 0. The van der Waals surface area contributed by atoms with Crippen LogP contribution in [-0.2, 0) is 4.74 Å². The van der Waals surface area contributed by atoms with E-state index in [2.05, 4.69) is 22.5 Å². The highest BCUT2D eigenvalue weighted by Crippen LogP contribution is 2.28. The number of nitrogens with zero attached hydrogens (tertiary/aromatic N) is 1. The summed E-state index contributed by atoms with van der Waals surface area (Å²) < 4.78 is 31.7. The van der Waals surface area contributed by atoms with Crippen LogP contribution >= 0.6 is 15.9 Å². The Balaban J connectivity index is 2.67. The van der Waals surface area contributed by atoms with Gasteiger partial charge in [-0.15, -0.1) is 0 Å². The Morgan fingerprint density at radius 2 is 2.33 bits per heavy atom. The third kappa shape index (κ3) is 3.50. The van der Waals surface area contributed by atoms with Gasteiger partial charge in [0.2, 0.25) is 0 Å². The molecule has 0 aromatic heterocycles. The minimum Gasteiger partial charge on any atom is -0.364 e. The number of ether oxygens (including phenoxy) is 1. The van der Waals surface area contributed by atoms with E-state index in [9.17, 15) is 8.78 Å². The van der Waals surface area contributed by atoms with E-state index in [-0.39, 0.29) is 12.6 Å². The molecule has 5 heteroatoms. The molecule has 1 rings (SSSR count). The second-order valence-electron chi connectivity index (χ2n) is 4.23. The lowest BCUT2D eigenvalue weighted by atomic mass is 10.0. The summed E-state index contributed by atoms with van der Waals surface area (Å²) in [5, 5.41) is 0. The highest BCUT2D eigenvalue weighted by Gasteiger charge is 2.42. The summed E-state index contributed by atoms with van der Waals surface area (Å²) >= 11 is 3.24. The Morgan fingerprint density at radius 3 is 2.80 bits per heavy atom. The molecule has 1 heterocycles. The zero-order valence-electron chi connectivity index (χ0n) is 8.97. The van der Waals surface area contributed by atoms with E-state index in [1.807, 2.05) is 11.8 Å². The van der Waals surface area contributed by atoms with Gasteiger partial charge in [0.05, 0.1) is 6.10 Å². The van der Waals surface area contributed by atoms with Gasteiger partial charge in [0.15, 0.2) is 0 Å². The van der Waals surface area contributed by atoms with Gasteiger partial charge in [0.1, 0.15) is 5.60 Å². The molecule has 1 aliphatic heterocycles. The largest absolute Gasteiger partial charge is 0.364 e. The maximum Gasteiger partial charge on any atom is 0.268 e. The van der Waals surface area contributed by atoms with Crippen LogP contribution in [0.3, 0.4) is 0 Å². The van der Waals surface area contributed by atoms with Crippen LogP contribution in [0.5, 0.6) is 0 Å². The summed E-state index contributed by atoms with van der Waals surface area (Å²) in [6.07, 6.45) is -2.64. The number of hydrogen-bond acceptors (Lipinski definition) is 2. The van der Waals surface area contributed by atoms with Crippen molar-refractivity contribution in [3.63, 3.8) is 0 Å². The van der Waals surface area contributed by atoms with Crippen molar-refractivity contribution >= 4 is 15.9 Å². The van der Waals surface area contributed by atoms with Crippen LogP contribution in [0.25, 0.3) is 0 Å². The number of rotatable bonds is 3. The van der Waals surface area contributed by atoms with E-state index in [0.29, 0.717) is 13.1 Å². The van der Waals surface area contributed by atoms with Crippen LogP contribution < -0.4 is 0 Å². The first kappa shape index (κ1) is 13.1. The van der Waals surface area contributed by atoms with Crippen LogP contribution in [0, 0.1) is 0 Å². The van der Waals surface area contributed by atoms with Gasteiger partial charge in [-0.3, -0.25) is 4.90 Å². The molecule has 0 radical (unpaired) electrons. The Labute approximate surface area is 97.4 Å². The molecule has 1 saturated heterocycles. The molecule has 0 aromatic carbocycles. The molecule has 0 bridgehead atoms. The van der Waals surface area contributed by atoms with Crippen LogP contribution in [0.1, 0.15) is 13.8 Å². The second kappa shape index (κ2) is 4.89. The Hall–Kier alpha value is -0.0000000000000000555. The van der Waals surface area contributed by atoms with Crippen molar-refractivity contribution in [1.29, 1.82) is 0 Å². The van der Waals surface area contributed by atoms with Gasteiger partial charge in [0.25, 0.3) is 6.43 Å². The minimum absolute atomic E-state index is 0.176. The summed E-state index contributed by atoms with van der Waals surface area (Å²) in [5.41, 5.74) is -1.36. The first-order valence-corrected chi connectivity index (χ1v) is 5.64. The fraction of sp³-hybridized carbons (Fsp3) is 0.800. The van der Waals surface area contributed by atoms with Gasteiger partial charge in [-0.05, 0) is 13.8 Å². The summed E-state index contributed by atoms with van der Waals surface area (Å²) in [7, 11) is 0. The molecular formula is C10H16BrF2NO. The highest BCUT2D eigenvalue weighted by atomic mass is 79.9. The predicted molar refractivity (Wildman–Crippen MR) is 59.5 cm³/mol. The zero-order valence-corrected chi connectivity index (χ0v) is 10.6. The maximum absolute atomic E-state index is 12.8.